The van der Waals surface area contributed by atoms with E-state index < -0.39 is 36.4 Å². The topological polar surface area (TPSA) is 59.3 Å². The van der Waals surface area contributed by atoms with Crippen molar-refractivity contribution < 1.29 is 27.3 Å². The zero-order valence-electron chi connectivity index (χ0n) is 11.0. The van der Waals surface area contributed by atoms with Crippen molar-refractivity contribution in [3.05, 3.63) is 45.8 Å². The lowest BCUT2D eigenvalue weighted by Gasteiger charge is -2.11. The van der Waals surface area contributed by atoms with Crippen molar-refractivity contribution in [3.8, 4) is 0 Å². The molecule has 1 radical (unpaired) electrons. The second-order valence-electron chi connectivity index (χ2n) is 4.68. The van der Waals surface area contributed by atoms with Crippen molar-refractivity contribution in [1.82, 2.24) is 4.57 Å². The van der Waals surface area contributed by atoms with Crippen molar-refractivity contribution in [2.75, 3.05) is 0 Å². The molecule has 22 heavy (non-hydrogen) atoms. The summed E-state index contributed by atoms with van der Waals surface area (Å²) in [6.07, 6.45) is 2.87. The molecule has 0 unspecified atom stereocenters. The van der Waals surface area contributed by atoms with Crippen molar-refractivity contribution in [2.24, 2.45) is 0 Å². The molecule has 0 saturated heterocycles. The molecule has 4 nitrogen and oxygen atoms in total. The highest BCUT2D eigenvalue weighted by atomic mass is 19.2. The van der Waals surface area contributed by atoms with Crippen LogP contribution in [-0.4, -0.2) is 23.5 Å². The second-order valence-corrected chi connectivity index (χ2v) is 4.68. The molecule has 9 heteroatoms. The van der Waals surface area contributed by atoms with E-state index in [0.29, 0.717) is 0 Å². The first-order valence-corrected chi connectivity index (χ1v) is 6.20. The number of carboxylic acids is 1. The zero-order chi connectivity index (χ0) is 16.4. The average Bonchev–Trinajstić information content (AvgIpc) is 3.26. The van der Waals surface area contributed by atoms with Crippen LogP contribution in [0.2, 0.25) is 0 Å². The predicted molar refractivity (Wildman–Crippen MR) is 71.3 cm³/mol. The molecule has 1 N–H and O–H groups in total. The molecular weight excluding hydrogens is 305 g/mol. The van der Waals surface area contributed by atoms with Crippen LogP contribution in [0.4, 0.5) is 17.4 Å². The number of halogens is 4. The third-order valence-electron chi connectivity index (χ3n) is 3.24. The van der Waals surface area contributed by atoms with Gasteiger partial charge in [0.05, 0.1) is 5.52 Å². The van der Waals surface area contributed by atoms with E-state index >= 15 is 0 Å². The van der Waals surface area contributed by atoms with Crippen LogP contribution in [0.25, 0.3) is 10.9 Å². The van der Waals surface area contributed by atoms with Crippen LogP contribution < -0.4 is 5.43 Å². The minimum Gasteiger partial charge on any atom is -0.477 e. The Hall–Kier alpha value is -2.32. The van der Waals surface area contributed by atoms with Gasteiger partial charge < -0.3 is 9.67 Å². The fourth-order valence-electron chi connectivity index (χ4n) is 2.15. The molecule has 1 aromatic carbocycles. The molecule has 0 bridgehead atoms. The molecule has 1 heterocycles. The standard InChI is InChI=1S/C13H9F2NO3.BF2/c14-9-3-7-11(4-10(9)15)16(6-1-2-6)5-8(12(7)17)13(18)19;2-1-3/h3-6H,1-2H2,(H,18,19);. The summed E-state index contributed by atoms with van der Waals surface area (Å²) < 4.78 is 47.1. The fourth-order valence-corrected chi connectivity index (χ4v) is 2.15. The van der Waals surface area contributed by atoms with Crippen LogP contribution in [0.5, 0.6) is 0 Å². The van der Waals surface area contributed by atoms with E-state index in [2.05, 4.69) is 0 Å². The molecule has 1 fully saturated rings. The molecule has 0 amide bonds. The number of rotatable bonds is 2. The Morgan fingerprint density at radius 1 is 1.23 bits per heavy atom. The Morgan fingerprint density at radius 3 is 2.27 bits per heavy atom. The number of carbonyl (C=O) groups is 1. The molecule has 0 aliphatic heterocycles. The monoisotopic (exact) mass is 314 g/mol. The summed E-state index contributed by atoms with van der Waals surface area (Å²) in [6, 6.07) is 1.75. The Labute approximate surface area is 122 Å². The smallest absolute Gasteiger partial charge is 0.477 e. The first-order valence-electron chi connectivity index (χ1n) is 6.20. The predicted octanol–water partition coefficient (Wildman–Crippen LogP) is 2.77. The number of aromatic nitrogens is 1. The minimum absolute atomic E-state index is 0.0473. The van der Waals surface area contributed by atoms with Crippen molar-refractivity contribution >= 4 is 24.7 Å². The Morgan fingerprint density at radius 2 is 1.77 bits per heavy atom. The summed E-state index contributed by atoms with van der Waals surface area (Å²) in [5, 5.41) is 8.89. The maximum atomic E-state index is 13.3. The summed E-state index contributed by atoms with van der Waals surface area (Å²) in [5.41, 5.74) is -0.986. The molecule has 0 spiro atoms. The van der Waals surface area contributed by atoms with Gasteiger partial charge in [0, 0.05) is 23.7 Å². The third-order valence-corrected chi connectivity index (χ3v) is 3.24. The van der Waals surface area contributed by atoms with Crippen LogP contribution in [0, 0.1) is 11.6 Å². The van der Waals surface area contributed by atoms with Gasteiger partial charge in [-0.3, -0.25) is 13.4 Å². The van der Waals surface area contributed by atoms with Gasteiger partial charge in [0.25, 0.3) is 0 Å². The molecule has 1 aromatic heterocycles. The number of nitrogens with zero attached hydrogens (tertiary/aromatic N) is 1. The zero-order valence-corrected chi connectivity index (χ0v) is 11.0. The summed E-state index contributed by atoms with van der Waals surface area (Å²) in [7, 11) is -1.00. The average molecular weight is 314 g/mol. The molecule has 2 aromatic rings. The molecular formula is C13H9BF4NO3. The lowest BCUT2D eigenvalue weighted by atomic mass is 10.1. The Kier molecular flexibility index (Phi) is 4.53. The number of hydrogen-bond acceptors (Lipinski definition) is 2. The van der Waals surface area contributed by atoms with Gasteiger partial charge in [-0.1, -0.05) is 0 Å². The van der Waals surface area contributed by atoms with Crippen molar-refractivity contribution in [3.63, 3.8) is 0 Å². The maximum Gasteiger partial charge on any atom is 0.577 e. The maximum absolute atomic E-state index is 13.3. The van der Waals surface area contributed by atoms with E-state index in [9.17, 15) is 27.0 Å². The van der Waals surface area contributed by atoms with Gasteiger partial charge in [0.1, 0.15) is 5.56 Å². The Bertz CT molecular complexity index is 789. The minimum atomic E-state index is -1.37. The molecule has 0 atom stereocenters. The third kappa shape index (κ3) is 2.97. The number of aromatic carboxylic acids is 1. The molecule has 1 aliphatic carbocycles. The van der Waals surface area contributed by atoms with Gasteiger partial charge in [-0.25, -0.2) is 13.6 Å². The van der Waals surface area contributed by atoms with Gasteiger partial charge in [0.15, 0.2) is 11.6 Å². The highest BCUT2D eigenvalue weighted by molar-refractivity contribution is 6.15. The number of benzene rings is 1. The molecule has 1 aliphatic rings. The van der Waals surface area contributed by atoms with E-state index in [1.54, 1.807) is 4.57 Å². The van der Waals surface area contributed by atoms with Gasteiger partial charge in [-0.05, 0) is 18.9 Å². The molecule has 3 rings (SSSR count). The first kappa shape index (κ1) is 16.1. The van der Waals surface area contributed by atoms with Gasteiger partial charge in [-0.15, -0.1) is 0 Å². The van der Waals surface area contributed by atoms with E-state index in [0.717, 1.165) is 25.0 Å². The first-order chi connectivity index (χ1) is 10.4. The number of fused-ring (bicyclic) bond motifs is 1. The van der Waals surface area contributed by atoms with E-state index in [4.69, 9.17) is 5.11 Å². The molecule has 115 valence electrons. The van der Waals surface area contributed by atoms with Crippen LogP contribution in [0.1, 0.15) is 29.2 Å². The fraction of sp³-hybridized carbons (Fsp3) is 0.231. The lowest BCUT2D eigenvalue weighted by Crippen LogP contribution is -2.19. The SMILES string of the molecule is F[B]F.O=C(O)c1cn(C2CC2)c2cc(F)c(F)cc2c1=O. The summed E-state index contributed by atoms with van der Waals surface area (Å²) in [5.74, 6) is -3.58. The summed E-state index contributed by atoms with van der Waals surface area (Å²) in [4.78, 5) is 23.0. The second kappa shape index (κ2) is 6.21. The highest BCUT2D eigenvalue weighted by Crippen LogP contribution is 2.37. The van der Waals surface area contributed by atoms with E-state index in [-0.39, 0.29) is 16.9 Å². The van der Waals surface area contributed by atoms with E-state index in [1.165, 1.54) is 6.20 Å². The van der Waals surface area contributed by atoms with Crippen molar-refractivity contribution in [2.45, 2.75) is 18.9 Å². The molecule has 1 saturated carbocycles. The normalized spacial score (nSPS) is 13.5. The summed E-state index contributed by atoms with van der Waals surface area (Å²) in [6.45, 7) is 0. The number of hydrogen-bond donors (Lipinski definition) is 1. The quantitative estimate of drug-likeness (QED) is 0.685. The van der Waals surface area contributed by atoms with E-state index in [1.807, 2.05) is 0 Å². The van der Waals surface area contributed by atoms with Crippen LogP contribution in [-0.2, 0) is 0 Å². The largest absolute Gasteiger partial charge is 0.577 e. The van der Waals surface area contributed by atoms with Gasteiger partial charge in [-0.2, -0.15) is 0 Å². The summed E-state index contributed by atoms with van der Waals surface area (Å²) >= 11 is 0. The highest BCUT2D eigenvalue weighted by Gasteiger charge is 2.27. The van der Waals surface area contributed by atoms with Crippen LogP contribution in [0.15, 0.2) is 23.1 Å². The van der Waals surface area contributed by atoms with Crippen LogP contribution in [0.3, 0.4) is 0 Å². The lowest BCUT2D eigenvalue weighted by molar-refractivity contribution is 0.0695. The van der Waals surface area contributed by atoms with Gasteiger partial charge in [0.2, 0.25) is 5.43 Å². The Balaban J connectivity index is 0.000000545. The number of pyridine rings is 1. The van der Waals surface area contributed by atoms with Crippen molar-refractivity contribution in [1.29, 1.82) is 0 Å². The number of carboxylic acid groups (broad SMARTS) is 1. The van der Waals surface area contributed by atoms with Gasteiger partial charge >= 0.3 is 13.8 Å². The van der Waals surface area contributed by atoms with Crippen LogP contribution >= 0.6 is 0 Å².